The maximum Gasteiger partial charge on any atom is 0.00952 e. The molecular weight excluding hydrogens is 206 g/mol. The smallest absolute Gasteiger partial charge is 0.00952 e. The zero-order valence-electron chi connectivity index (χ0n) is 12.9. The highest BCUT2D eigenvalue weighted by Gasteiger charge is 2.19. The van der Waals surface area contributed by atoms with Gasteiger partial charge in [-0.25, -0.2) is 0 Å². The van der Waals surface area contributed by atoms with E-state index in [9.17, 15) is 0 Å². The molecular formula is C16H35N. The maximum absolute atomic E-state index is 3.71. The highest BCUT2D eigenvalue weighted by Crippen LogP contribution is 2.23. The summed E-state index contributed by atoms with van der Waals surface area (Å²) in [6, 6.07) is 0.738. The summed E-state index contributed by atoms with van der Waals surface area (Å²) in [7, 11) is 0. The first-order valence-corrected chi connectivity index (χ1v) is 7.92. The van der Waals surface area contributed by atoms with Crippen LogP contribution in [0.25, 0.3) is 0 Å². The van der Waals surface area contributed by atoms with Gasteiger partial charge < -0.3 is 5.32 Å². The summed E-state index contributed by atoms with van der Waals surface area (Å²) in [5.41, 5.74) is 0. The molecule has 0 rings (SSSR count). The summed E-state index contributed by atoms with van der Waals surface area (Å²) in [5.74, 6) is 1.76. The van der Waals surface area contributed by atoms with Crippen molar-refractivity contribution in [2.75, 3.05) is 6.54 Å². The van der Waals surface area contributed by atoms with E-state index >= 15 is 0 Å². The second kappa shape index (κ2) is 11.1. The Hall–Kier alpha value is -0.0400. The van der Waals surface area contributed by atoms with Crippen LogP contribution in [0.3, 0.4) is 0 Å². The molecule has 0 aliphatic heterocycles. The first-order valence-electron chi connectivity index (χ1n) is 7.92. The lowest BCUT2D eigenvalue weighted by molar-refractivity contribution is 0.279. The summed E-state index contributed by atoms with van der Waals surface area (Å²) in [6.07, 6.45) is 9.57. The van der Waals surface area contributed by atoms with Crippen LogP contribution >= 0.6 is 0 Å². The largest absolute Gasteiger partial charge is 0.314 e. The second-order valence-corrected chi connectivity index (χ2v) is 5.58. The lowest BCUT2D eigenvalue weighted by Crippen LogP contribution is -2.36. The molecule has 0 bridgehead atoms. The van der Waals surface area contributed by atoms with Crippen molar-refractivity contribution in [3.8, 4) is 0 Å². The van der Waals surface area contributed by atoms with Crippen molar-refractivity contribution < 1.29 is 0 Å². The van der Waals surface area contributed by atoms with Gasteiger partial charge in [-0.3, -0.25) is 0 Å². The lowest BCUT2D eigenvalue weighted by atomic mass is 9.85. The maximum atomic E-state index is 3.71. The molecule has 3 unspecified atom stereocenters. The first kappa shape index (κ1) is 17.0. The number of nitrogens with one attached hydrogen (secondary N) is 1. The summed E-state index contributed by atoms with van der Waals surface area (Å²) in [4.78, 5) is 0. The fourth-order valence-corrected chi connectivity index (χ4v) is 2.78. The molecule has 0 amide bonds. The van der Waals surface area contributed by atoms with Crippen molar-refractivity contribution in [1.82, 2.24) is 5.32 Å². The molecule has 0 fully saturated rings. The summed E-state index contributed by atoms with van der Waals surface area (Å²) < 4.78 is 0. The highest BCUT2D eigenvalue weighted by molar-refractivity contribution is 4.76. The normalized spacial score (nSPS) is 16.8. The highest BCUT2D eigenvalue weighted by atomic mass is 14.9. The van der Waals surface area contributed by atoms with Gasteiger partial charge in [0.05, 0.1) is 0 Å². The van der Waals surface area contributed by atoms with E-state index in [1.54, 1.807) is 0 Å². The standard InChI is InChI=1S/C16H35N/c1-6-10-12-15(8-3)13-16(17-9-4)14(5)11-7-2/h14-17H,6-13H2,1-5H3. The average molecular weight is 241 g/mol. The predicted molar refractivity (Wildman–Crippen MR) is 79.5 cm³/mol. The van der Waals surface area contributed by atoms with Crippen LogP contribution in [0.1, 0.15) is 79.6 Å². The SMILES string of the molecule is CCCCC(CC)CC(NCC)C(C)CCC. The van der Waals surface area contributed by atoms with Crippen LogP contribution in [-0.2, 0) is 0 Å². The van der Waals surface area contributed by atoms with E-state index in [1.165, 1.54) is 44.9 Å². The number of hydrogen-bond acceptors (Lipinski definition) is 1. The molecule has 0 saturated carbocycles. The molecule has 0 spiro atoms. The average Bonchev–Trinajstić information content (AvgIpc) is 2.33. The first-order chi connectivity index (χ1) is 8.19. The number of hydrogen-bond donors (Lipinski definition) is 1. The van der Waals surface area contributed by atoms with Crippen LogP contribution in [0.2, 0.25) is 0 Å². The van der Waals surface area contributed by atoms with Gasteiger partial charge in [-0.15, -0.1) is 0 Å². The van der Waals surface area contributed by atoms with Gasteiger partial charge in [-0.1, -0.05) is 66.7 Å². The minimum atomic E-state index is 0.738. The van der Waals surface area contributed by atoms with Crippen molar-refractivity contribution in [2.24, 2.45) is 11.8 Å². The van der Waals surface area contributed by atoms with Crippen molar-refractivity contribution in [3.63, 3.8) is 0 Å². The van der Waals surface area contributed by atoms with Gasteiger partial charge in [0.25, 0.3) is 0 Å². The number of rotatable bonds is 11. The Bertz CT molecular complexity index is 156. The monoisotopic (exact) mass is 241 g/mol. The second-order valence-electron chi connectivity index (χ2n) is 5.58. The molecule has 0 saturated heterocycles. The van der Waals surface area contributed by atoms with Crippen LogP contribution in [0, 0.1) is 11.8 Å². The van der Waals surface area contributed by atoms with Crippen molar-refractivity contribution in [2.45, 2.75) is 85.6 Å². The summed E-state index contributed by atoms with van der Waals surface area (Å²) >= 11 is 0. The topological polar surface area (TPSA) is 12.0 Å². The fourth-order valence-electron chi connectivity index (χ4n) is 2.78. The third-order valence-electron chi connectivity index (χ3n) is 4.03. The molecule has 0 aromatic heterocycles. The molecule has 1 heteroatoms. The molecule has 1 nitrogen and oxygen atoms in total. The molecule has 17 heavy (non-hydrogen) atoms. The third-order valence-corrected chi connectivity index (χ3v) is 4.03. The molecule has 0 radical (unpaired) electrons. The van der Waals surface area contributed by atoms with Gasteiger partial charge in [-0.2, -0.15) is 0 Å². The van der Waals surface area contributed by atoms with E-state index in [2.05, 4.69) is 39.9 Å². The Labute approximate surface area is 110 Å². The van der Waals surface area contributed by atoms with E-state index < -0.39 is 0 Å². The predicted octanol–water partition coefficient (Wildman–Crippen LogP) is 5.01. The molecule has 0 heterocycles. The summed E-state index contributed by atoms with van der Waals surface area (Å²) in [5, 5.41) is 3.71. The van der Waals surface area contributed by atoms with Gasteiger partial charge in [0.15, 0.2) is 0 Å². The van der Waals surface area contributed by atoms with Gasteiger partial charge in [0.2, 0.25) is 0 Å². The lowest BCUT2D eigenvalue weighted by Gasteiger charge is -2.28. The van der Waals surface area contributed by atoms with E-state index in [1.807, 2.05) is 0 Å². The molecule has 0 aromatic rings. The van der Waals surface area contributed by atoms with E-state index in [-0.39, 0.29) is 0 Å². The molecule has 1 N–H and O–H groups in total. The number of unbranched alkanes of at least 4 members (excludes halogenated alkanes) is 1. The van der Waals surface area contributed by atoms with E-state index in [0.29, 0.717) is 0 Å². The van der Waals surface area contributed by atoms with Gasteiger partial charge >= 0.3 is 0 Å². The Morgan fingerprint density at radius 2 is 1.65 bits per heavy atom. The van der Waals surface area contributed by atoms with Gasteiger partial charge in [-0.05, 0) is 31.2 Å². The van der Waals surface area contributed by atoms with Crippen LogP contribution in [-0.4, -0.2) is 12.6 Å². The van der Waals surface area contributed by atoms with Gasteiger partial charge in [0, 0.05) is 6.04 Å². The van der Waals surface area contributed by atoms with Crippen molar-refractivity contribution in [1.29, 1.82) is 0 Å². The van der Waals surface area contributed by atoms with Crippen molar-refractivity contribution in [3.05, 3.63) is 0 Å². The third kappa shape index (κ3) is 7.81. The molecule has 0 aliphatic carbocycles. The quantitative estimate of drug-likeness (QED) is 0.536. The molecule has 104 valence electrons. The Balaban J connectivity index is 4.17. The van der Waals surface area contributed by atoms with Crippen LogP contribution in [0.5, 0.6) is 0 Å². The van der Waals surface area contributed by atoms with E-state index in [4.69, 9.17) is 0 Å². The minimum Gasteiger partial charge on any atom is -0.314 e. The Morgan fingerprint density at radius 1 is 0.941 bits per heavy atom. The van der Waals surface area contributed by atoms with Crippen LogP contribution in [0.15, 0.2) is 0 Å². The van der Waals surface area contributed by atoms with E-state index in [0.717, 1.165) is 24.4 Å². The van der Waals surface area contributed by atoms with Crippen LogP contribution in [0.4, 0.5) is 0 Å². The Morgan fingerprint density at radius 3 is 2.12 bits per heavy atom. The molecule has 0 aromatic carbocycles. The van der Waals surface area contributed by atoms with Crippen molar-refractivity contribution >= 4 is 0 Å². The summed E-state index contributed by atoms with van der Waals surface area (Å²) in [6.45, 7) is 12.7. The van der Waals surface area contributed by atoms with Gasteiger partial charge in [0.1, 0.15) is 0 Å². The zero-order chi connectivity index (χ0) is 13.1. The minimum absolute atomic E-state index is 0.738. The fraction of sp³-hybridized carbons (Fsp3) is 1.00. The molecule has 0 aliphatic rings. The van der Waals surface area contributed by atoms with Crippen LogP contribution < -0.4 is 5.32 Å². The molecule has 3 atom stereocenters. The zero-order valence-corrected chi connectivity index (χ0v) is 12.9. The Kier molecular flexibility index (Phi) is 11.0.